The lowest BCUT2D eigenvalue weighted by Gasteiger charge is -2.14. The molecule has 0 saturated carbocycles. The minimum atomic E-state index is 0.525. The SMILES string of the molecule is N#Cc1cccc(C#N)c1-c1cc2ccc3cccc4ccc(c1)c2c34. The summed E-state index contributed by atoms with van der Waals surface area (Å²) in [7, 11) is 0. The first-order valence-corrected chi connectivity index (χ1v) is 8.41. The highest BCUT2D eigenvalue weighted by Gasteiger charge is 2.14. The molecule has 0 N–H and O–H groups in total. The second kappa shape index (κ2) is 5.31. The largest absolute Gasteiger partial charge is 0.192 e. The number of benzene rings is 5. The van der Waals surface area contributed by atoms with Gasteiger partial charge >= 0.3 is 0 Å². The van der Waals surface area contributed by atoms with Crippen molar-refractivity contribution in [2.45, 2.75) is 0 Å². The molecule has 0 aliphatic rings. The van der Waals surface area contributed by atoms with Gasteiger partial charge in [-0.3, -0.25) is 0 Å². The normalized spacial score (nSPS) is 11.0. The number of hydrogen-bond acceptors (Lipinski definition) is 2. The van der Waals surface area contributed by atoms with E-state index >= 15 is 0 Å². The molecule has 0 spiro atoms. The molecule has 0 heterocycles. The molecule has 0 radical (unpaired) electrons. The van der Waals surface area contributed by atoms with E-state index in [-0.39, 0.29) is 0 Å². The Morgan fingerprint density at radius 1 is 0.538 bits per heavy atom. The second-order valence-corrected chi connectivity index (χ2v) is 6.46. The van der Waals surface area contributed by atoms with Crippen LogP contribution in [-0.2, 0) is 0 Å². The van der Waals surface area contributed by atoms with Gasteiger partial charge in [-0.15, -0.1) is 0 Å². The molecule has 0 bridgehead atoms. The van der Waals surface area contributed by atoms with Crippen LogP contribution in [0.2, 0.25) is 0 Å². The van der Waals surface area contributed by atoms with Crippen LogP contribution in [-0.4, -0.2) is 0 Å². The van der Waals surface area contributed by atoms with Gasteiger partial charge in [0.2, 0.25) is 0 Å². The van der Waals surface area contributed by atoms with Crippen LogP contribution in [0.1, 0.15) is 11.1 Å². The van der Waals surface area contributed by atoms with Crippen molar-refractivity contribution >= 4 is 32.3 Å². The topological polar surface area (TPSA) is 47.6 Å². The smallest absolute Gasteiger partial charge is 0.0998 e. The first kappa shape index (κ1) is 14.5. The Morgan fingerprint density at radius 2 is 1.00 bits per heavy atom. The van der Waals surface area contributed by atoms with Crippen molar-refractivity contribution < 1.29 is 0 Å². The second-order valence-electron chi connectivity index (χ2n) is 6.46. The molecule has 118 valence electrons. The van der Waals surface area contributed by atoms with Crippen molar-refractivity contribution in [1.29, 1.82) is 10.5 Å². The van der Waals surface area contributed by atoms with Crippen LogP contribution in [0.5, 0.6) is 0 Å². The molecule has 26 heavy (non-hydrogen) atoms. The highest BCUT2D eigenvalue weighted by molar-refractivity contribution is 6.23. The summed E-state index contributed by atoms with van der Waals surface area (Å²) >= 11 is 0. The van der Waals surface area contributed by atoms with E-state index in [9.17, 15) is 10.5 Å². The van der Waals surface area contributed by atoms with Crippen LogP contribution < -0.4 is 0 Å². The molecule has 0 aromatic heterocycles. The molecule has 0 saturated heterocycles. The number of rotatable bonds is 1. The Bertz CT molecular complexity index is 1300. The lowest BCUT2D eigenvalue weighted by atomic mass is 9.89. The van der Waals surface area contributed by atoms with E-state index < -0.39 is 0 Å². The summed E-state index contributed by atoms with van der Waals surface area (Å²) < 4.78 is 0. The zero-order valence-electron chi connectivity index (χ0n) is 13.8. The van der Waals surface area contributed by atoms with Gasteiger partial charge in [0.15, 0.2) is 0 Å². The fourth-order valence-electron chi connectivity index (χ4n) is 3.95. The van der Waals surface area contributed by atoms with Gasteiger partial charge < -0.3 is 0 Å². The van der Waals surface area contributed by atoms with Crippen LogP contribution in [0.3, 0.4) is 0 Å². The molecule has 0 unspecified atom stereocenters. The van der Waals surface area contributed by atoms with Gasteiger partial charge in [0, 0.05) is 5.56 Å². The van der Waals surface area contributed by atoms with E-state index in [0.717, 1.165) is 16.3 Å². The summed E-state index contributed by atoms with van der Waals surface area (Å²) in [5.74, 6) is 0. The number of hydrogen-bond donors (Lipinski definition) is 0. The van der Waals surface area contributed by atoms with Crippen molar-refractivity contribution in [1.82, 2.24) is 0 Å². The quantitative estimate of drug-likeness (QED) is 0.355. The fourth-order valence-corrected chi connectivity index (χ4v) is 3.95. The van der Waals surface area contributed by atoms with Gasteiger partial charge in [-0.2, -0.15) is 10.5 Å². The molecule has 0 fully saturated rings. The summed E-state index contributed by atoms with van der Waals surface area (Å²) in [4.78, 5) is 0. The Hall–Kier alpha value is -3.88. The molecule has 5 aromatic carbocycles. The Balaban J connectivity index is 1.93. The molecular formula is C24H12N2. The molecule has 0 aliphatic carbocycles. The van der Waals surface area contributed by atoms with Crippen LogP contribution in [0.4, 0.5) is 0 Å². The van der Waals surface area contributed by atoms with Gasteiger partial charge in [-0.1, -0.05) is 48.5 Å². The van der Waals surface area contributed by atoms with E-state index in [0.29, 0.717) is 16.7 Å². The number of nitriles is 2. The van der Waals surface area contributed by atoms with Gasteiger partial charge in [0.1, 0.15) is 0 Å². The molecule has 5 aromatic rings. The Morgan fingerprint density at radius 3 is 1.54 bits per heavy atom. The van der Waals surface area contributed by atoms with Crippen molar-refractivity contribution in [2.75, 3.05) is 0 Å². The molecule has 5 rings (SSSR count). The highest BCUT2D eigenvalue weighted by Crippen LogP contribution is 2.38. The summed E-state index contributed by atoms with van der Waals surface area (Å²) in [5, 5.41) is 26.2. The zero-order valence-corrected chi connectivity index (χ0v) is 13.8. The fraction of sp³-hybridized carbons (Fsp3) is 0. The van der Waals surface area contributed by atoms with E-state index in [1.54, 1.807) is 18.2 Å². The zero-order chi connectivity index (χ0) is 17.7. The lowest BCUT2D eigenvalue weighted by Crippen LogP contribution is -1.91. The van der Waals surface area contributed by atoms with Crippen molar-refractivity contribution in [2.24, 2.45) is 0 Å². The summed E-state index contributed by atoms with van der Waals surface area (Å²) in [5.41, 5.74) is 2.67. The average molecular weight is 328 g/mol. The van der Waals surface area contributed by atoms with E-state index in [1.807, 2.05) is 0 Å². The third-order valence-electron chi connectivity index (χ3n) is 5.06. The monoisotopic (exact) mass is 328 g/mol. The standard InChI is InChI=1S/C24H12N2/c25-13-19-5-2-6-20(14-26)22(19)21-11-17-9-7-15-3-1-4-16-8-10-18(12-21)24(17)23(15)16/h1-12H. The van der Waals surface area contributed by atoms with Crippen LogP contribution in [0, 0.1) is 22.7 Å². The maximum absolute atomic E-state index is 9.52. The molecule has 2 heteroatoms. The summed E-state index contributed by atoms with van der Waals surface area (Å²) in [6, 6.07) is 28.8. The van der Waals surface area contributed by atoms with Gasteiger partial charge in [-0.25, -0.2) is 0 Å². The van der Waals surface area contributed by atoms with Gasteiger partial charge in [0.05, 0.1) is 23.3 Å². The predicted octanol–water partition coefficient (Wildman–Crippen LogP) is 5.99. The first-order chi connectivity index (χ1) is 12.8. The first-order valence-electron chi connectivity index (χ1n) is 8.41. The Labute approximate surface area is 150 Å². The molecule has 0 aliphatic heterocycles. The maximum Gasteiger partial charge on any atom is 0.0998 e. The van der Waals surface area contributed by atoms with E-state index in [1.165, 1.54) is 21.5 Å². The third-order valence-corrected chi connectivity index (χ3v) is 5.06. The number of nitrogens with zero attached hydrogens (tertiary/aromatic N) is 2. The summed E-state index contributed by atoms with van der Waals surface area (Å²) in [6.07, 6.45) is 0. The lowest BCUT2D eigenvalue weighted by molar-refractivity contribution is 1.44. The van der Waals surface area contributed by atoms with E-state index in [4.69, 9.17) is 0 Å². The minimum Gasteiger partial charge on any atom is -0.192 e. The van der Waals surface area contributed by atoms with Crippen molar-refractivity contribution in [3.05, 3.63) is 83.9 Å². The maximum atomic E-state index is 9.52. The van der Waals surface area contributed by atoms with Crippen molar-refractivity contribution in [3.63, 3.8) is 0 Å². The van der Waals surface area contributed by atoms with E-state index in [2.05, 4.69) is 66.7 Å². The average Bonchev–Trinajstić information content (AvgIpc) is 2.71. The van der Waals surface area contributed by atoms with Crippen LogP contribution >= 0.6 is 0 Å². The van der Waals surface area contributed by atoms with Crippen LogP contribution in [0.25, 0.3) is 43.4 Å². The van der Waals surface area contributed by atoms with Gasteiger partial charge in [-0.05, 0) is 62.1 Å². The third kappa shape index (κ3) is 1.91. The predicted molar refractivity (Wildman–Crippen MR) is 105 cm³/mol. The highest BCUT2D eigenvalue weighted by atomic mass is 14.3. The molecule has 0 amide bonds. The van der Waals surface area contributed by atoms with Crippen LogP contribution in [0.15, 0.2) is 72.8 Å². The molecule has 0 atom stereocenters. The molecule has 2 nitrogen and oxygen atoms in total. The van der Waals surface area contributed by atoms with Gasteiger partial charge in [0.25, 0.3) is 0 Å². The van der Waals surface area contributed by atoms with Crippen molar-refractivity contribution in [3.8, 4) is 23.3 Å². The minimum absolute atomic E-state index is 0.525. The Kier molecular flexibility index (Phi) is 2.95. The summed E-state index contributed by atoms with van der Waals surface area (Å²) in [6.45, 7) is 0. The molecular weight excluding hydrogens is 316 g/mol.